The maximum Gasteiger partial charge on any atom is 0.310 e. The summed E-state index contributed by atoms with van der Waals surface area (Å²) in [7, 11) is 0. The Morgan fingerprint density at radius 3 is 2.40 bits per heavy atom. The highest BCUT2D eigenvalue weighted by atomic mass is 16.5. The van der Waals surface area contributed by atoms with Gasteiger partial charge in [-0.3, -0.25) is 9.59 Å². The summed E-state index contributed by atoms with van der Waals surface area (Å²) < 4.78 is 5.03. The molecule has 0 radical (unpaired) electrons. The number of rotatable bonds is 3. The molecule has 0 heterocycles. The molecule has 2 aliphatic rings. The second-order valence-electron chi connectivity index (χ2n) is 4.36. The fraction of sp³-hybridized carbons (Fsp3) is 0.667. The predicted octanol–water partition coefficient (Wildman–Crippen LogP) is 1.58. The van der Waals surface area contributed by atoms with Crippen LogP contribution in [-0.4, -0.2) is 18.4 Å². The van der Waals surface area contributed by atoms with Crippen molar-refractivity contribution in [3.8, 4) is 0 Å². The van der Waals surface area contributed by atoms with Crippen LogP contribution in [0.3, 0.4) is 0 Å². The van der Waals surface area contributed by atoms with Crippen molar-refractivity contribution in [3.05, 3.63) is 12.2 Å². The first kappa shape index (κ1) is 10.4. The number of esters is 1. The summed E-state index contributed by atoms with van der Waals surface area (Å²) in [4.78, 5) is 23.3. The van der Waals surface area contributed by atoms with Crippen molar-refractivity contribution in [3.63, 3.8) is 0 Å². The Morgan fingerprint density at radius 2 is 1.87 bits per heavy atom. The molecular formula is C12H16O3. The van der Waals surface area contributed by atoms with E-state index in [1.165, 1.54) is 0 Å². The van der Waals surface area contributed by atoms with Crippen molar-refractivity contribution in [1.82, 2.24) is 0 Å². The standard InChI is InChI=1S/C12H16O3/c1-3-15-12(14)11-9-5-4-8(6-9)10(11)7(2)13/h4-5,8-11H,3,6H2,1-2H3. The molecule has 0 aromatic carbocycles. The van der Waals surface area contributed by atoms with Crippen molar-refractivity contribution in [2.24, 2.45) is 23.7 Å². The van der Waals surface area contributed by atoms with Gasteiger partial charge in [0.25, 0.3) is 0 Å². The second kappa shape index (κ2) is 3.80. The third-order valence-electron chi connectivity index (χ3n) is 3.49. The van der Waals surface area contributed by atoms with Gasteiger partial charge in [-0.05, 0) is 32.1 Å². The van der Waals surface area contributed by atoms with Gasteiger partial charge < -0.3 is 4.74 Å². The van der Waals surface area contributed by atoms with Gasteiger partial charge in [-0.2, -0.15) is 0 Å². The van der Waals surface area contributed by atoms with E-state index < -0.39 is 0 Å². The number of carbonyl (C=O) groups excluding carboxylic acids is 2. The lowest BCUT2D eigenvalue weighted by molar-refractivity contribution is -0.152. The average molecular weight is 208 g/mol. The summed E-state index contributed by atoms with van der Waals surface area (Å²) in [5, 5.41) is 0. The minimum absolute atomic E-state index is 0.116. The lowest BCUT2D eigenvalue weighted by Crippen LogP contribution is -2.33. The molecule has 0 N–H and O–H groups in total. The van der Waals surface area contributed by atoms with Crippen molar-refractivity contribution in [2.45, 2.75) is 20.3 Å². The Bertz CT molecular complexity index is 319. The zero-order valence-corrected chi connectivity index (χ0v) is 9.10. The van der Waals surface area contributed by atoms with Crippen LogP contribution in [0.4, 0.5) is 0 Å². The number of carbonyl (C=O) groups is 2. The molecule has 4 unspecified atom stereocenters. The van der Waals surface area contributed by atoms with Gasteiger partial charge in [-0.15, -0.1) is 0 Å². The summed E-state index contributed by atoms with van der Waals surface area (Å²) in [6, 6.07) is 0. The van der Waals surface area contributed by atoms with E-state index in [1.807, 2.05) is 0 Å². The quantitative estimate of drug-likeness (QED) is 0.522. The smallest absolute Gasteiger partial charge is 0.310 e. The Morgan fingerprint density at radius 1 is 1.27 bits per heavy atom. The van der Waals surface area contributed by atoms with Crippen molar-refractivity contribution >= 4 is 11.8 Å². The van der Waals surface area contributed by atoms with Gasteiger partial charge in [0.15, 0.2) is 0 Å². The average Bonchev–Trinajstić information content (AvgIpc) is 2.76. The molecule has 4 atom stereocenters. The molecule has 2 aliphatic carbocycles. The Kier molecular flexibility index (Phi) is 2.63. The van der Waals surface area contributed by atoms with E-state index in [4.69, 9.17) is 4.74 Å². The van der Waals surface area contributed by atoms with Crippen molar-refractivity contribution in [1.29, 1.82) is 0 Å². The highest BCUT2D eigenvalue weighted by Crippen LogP contribution is 2.48. The first-order valence-corrected chi connectivity index (χ1v) is 5.50. The molecule has 0 aromatic rings. The Hall–Kier alpha value is -1.12. The Balaban J connectivity index is 2.19. The van der Waals surface area contributed by atoms with Crippen LogP contribution in [0.25, 0.3) is 0 Å². The SMILES string of the molecule is CCOC(=O)C1C2C=CC(C2)C1C(C)=O. The molecule has 0 amide bonds. The van der Waals surface area contributed by atoms with E-state index in [0.717, 1.165) is 6.42 Å². The topological polar surface area (TPSA) is 43.4 Å². The van der Waals surface area contributed by atoms with Crippen LogP contribution in [0.2, 0.25) is 0 Å². The van der Waals surface area contributed by atoms with Crippen LogP contribution in [-0.2, 0) is 14.3 Å². The fourth-order valence-corrected chi connectivity index (χ4v) is 2.94. The number of hydrogen-bond donors (Lipinski definition) is 0. The zero-order chi connectivity index (χ0) is 11.0. The monoisotopic (exact) mass is 208 g/mol. The van der Waals surface area contributed by atoms with Crippen LogP contribution >= 0.6 is 0 Å². The molecule has 0 saturated heterocycles. The number of hydrogen-bond acceptors (Lipinski definition) is 3. The summed E-state index contributed by atoms with van der Waals surface area (Å²) in [5.74, 6) is 0.0424. The van der Waals surface area contributed by atoms with Crippen LogP contribution in [0.5, 0.6) is 0 Å². The number of ether oxygens (including phenoxy) is 1. The van der Waals surface area contributed by atoms with E-state index in [9.17, 15) is 9.59 Å². The minimum Gasteiger partial charge on any atom is -0.466 e. The molecule has 2 rings (SSSR count). The van der Waals surface area contributed by atoms with Crippen molar-refractivity contribution < 1.29 is 14.3 Å². The largest absolute Gasteiger partial charge is 0.466 e. The summed E-state index contributed by atoms with van der Waals surface area (Å²) in [5.41, 5.74) is 0. The number of fused-ring (bicyclic) bond motifs is 2. The van der Waals surface area contributed by atoms with Gasteiger partial charge in [-0.1, -0.05) is 12.2 Å². The van der Waals surface area contributed by atoms with E-state index in [-0.39, 0.29) is 35.4 Å². The third kappa shape index (κ3) is 1.60. The van der Waals surface area contributed by atoms with Crippen LogP contribution in [0.1, 0.15) is 20.3 Å². The maximum atomic E-state index is 11.7. The van der Waals surface area contributed by atoms with Gasteiger partial charge in [0, 0.05) is 5.92 Å². The number of ketones is 1. The highest BCUT2D eigenvalue weighted by molar-refractivity contribution is 5.87. The molecule has 2 bridgehead atoms. The first-order valence-electron chi connectivity index (χ1n) is 5.50. The lowest BCUT2D eigenvalue weighted by Gasteiger charge is -2.23. The van der Waals surface area contributed by atoms with Gasteiger partial charge in [0.05, 0.1) is 12.5 Å². The minimum atomic E-state index is -0.225. The molecule has 3 heteroatoms. The van der Waals surface area contributed by atoms with E-state index in [0.29, 0.717) is 6.61 Å². The molecule has 15 heavy (non-hydrogen) atoms. The van der Waals surface area contributed by atoms with Crippen LogP contribution in [0, 0.1) is 23.7 Å². The summed E-state index contributed by atoms with van der Waals surface area (Å²) in [6.07, 6.45) is 5.08. The van der Waals surface area contributed by atoms with E-state index >= 15 is 0 Å². The molecule has 1 fully saturated rings. The second-order valence-corrected chi connectivity index (χ2v) is 4.36. The van der Waals surface area contributed by atoms with E-state index in [1.54, 1.807) is 13.8 Å². The summed E-state index contributed by atoms with van der Waals surface area (Å²) >= 11 is 0. The number of allylic oxidation sites excluding steroid dienone is 2. The van der Waals surface area contributed by atoms with Crippen LogP contribution < -0.4 is 0 Å². The third-order valence-corrected chi connectivity index (χ3v) is 3.49. The van der Waals surface area contributed by atoms with Crippen LogP contribution in [0.15, 0.2) is 12.2 Å². The first-order chi connectivity index (χ1) is 7.15. The maximum absolute atomic E-state index is 11.7. The lowest BCUT2D eigenvalue weighted by atomic mass is 9.81. The molecule has 1 saturated carbocycles. The predicted molar refractivity (Wildman–Crippen MR) is 55.0 cm³/mol. The van der Waals surface area contributed by atoms with E-state index in [2.05, 4.69) is 12.2 Å². The number of Topliss-reactive ketones (excluding diaryl/α,β-unsaturated/α-hetero) is 1. The highest BCUT2D eigenvalue weighted by Gasteiger charge is 2.50. The molecule has 82 valence electrons. The zero-order valence-electron chi connectivity index (χ0n) is 9.10. The molecule has 0 spiro atoms. The molecule has 3 nitrogen and oxygen atoms in total. The molecular weight excluding hydrogens is 192 g/mol. The normalized spacial score (nSPS) is 36.9. The van der Waals surface area contributed by atoms with Gasteiger partial charge in [-0.25, -0.2) is 0 Å². The summed E-state index contributed by atoms with van der Waals surface area (Å²) in [6.45, 7) is 3.76. The van der Waals surface area contributed by atoms with Gasteiger partial charge in [0.1, 0.15) is 5.78 Å². The fourth-order valence-electron chi connectivity index (χ4n) is 2.94. The molecule has 0 aromatic heterocycles. The van der Waals surface area contributed by atoms with Gasteiger partial charge >= 0.3 is 5.97 Å². The van der Waals surface area contributed by atoms with Gasteiger partial charge in [0.2, 0.25) is 0 Å². The van der Waals surface area contributed by atoms with Crippen molar-refractivity contribution in [2.75, 3.05) is 6.61 Å². The molecule has 0 aliphatic heterocycles. The Labute approximate surface area is 89.5 Å².